The summed E-state index contributed by atoms with van der Waals surface area (Å²) in [6, 6.07) is 7.74. The number of carbonyl (C=O) groups is 1. The van der Waals surface area contributed by atoms with Gasteiger partial charge >= 0.3 is 5.97 Å². The standard InChI is InChI=1S/C15H13F2NO2/c1-2-3-10-4-6-11(7-5-10)15(19)20-12-8-13(16)14(17)18-9-12/h4-9H,2-3H2,1H3. The minimum absolute atomic E-state index is 0.133. The van der Waals surface area contributed by atoms with Gasteiger partial charge in [0.15, 0.2) is 11.6 Å². The summed E-state index contributed by atoms with van der Waals surface area (Å²) < 4.78 is 30.5. The summed E-state index contributed by atoms with van der Waals surface area (Å²) in [5, 5.41) is 0. The van der Waals surface area contributed by atoms with E-state index in [2.05, 4.69) is 11.9 Å². The summed E-state index contributed by atoms with van der Waals surface area (Å²) >= 11 is 0. The van der Waals surface area contributed by atoms with Crippen molar-refractivity contribution in [2.24, 2.45) is 0 Å². The van der Waals surface area contributed by atoms with E-state index in [-0.39, 0.29) is 5.75 Å². The second-order valence-electron chi connectivity index (χ2n) is 4.28. The predicted octanol–water partition coefficient (Wildman–Crippen LogP) is 3.53. The molecule has 104 valence electrons. The van der Waals surface area contributed by atoms with Gasteiger partial charge in [-0.3, -0.25) is 0 Å². The Labute approximate surface area is 115 Å². The van der Waals surface area contributed by atoms with Crippen molar-refractivity contribution >= 4 is 5.97 Å². The van der Waals surface area contributed by atoms with Gasteiger partial charge in [0, 0.05) is 6.07 Å². The highest BCUT2D eigenvalue weighted by atomic mass is 19.2. The van der Waals surface area contributed by atoms with Crippen LogP contribution in [0.15, 0.2) is 36.5 Å². The van der Waals surface area contributed by atoms with E-state index in [0.717, 1.165) is 30.7 Å². The third-order valence-corrected chi connectivity index (χ3v) is 2.71. The maximum Gasteiger partial charge on any atom is 0.343 e. The average molecular weight is 277 g/mol. The zero-order valence-electron chi connectivity index (χ0n) is 10.9. The lowest BCUT2D eigenvalue weighted by Gasteiger charge is -2.05. The summed E-state index contributed by atoms with van der Waals surface area (Å²) in [4.78, 5) is 15.0. The molecule has 0 amide bonds. The summed E-state index contributed by atoms with van der Waals surface area (Å²) in [6.45, 7) is 2.07. The van der Waals surface area contributed by atoms with Crippen LogP contribution in [0.5, 0.6) is 5.75 Å². The van der Waals surface area contributed by atoms with Crippen LogP contribution in [0.2, 0.25) is 0 Å². The number of benzene rings is 1. The molecule has 1 aromatic heterocycles. The number of hydrogen-bond donors (Lipinski definition) is 0. The molecule has 3 nitrogen and oxygen atoms in total. The Hall–Kier alpha value is -2.30. The molecule has 0 aliphatic heterocycles. The second-order valence-corrected chi connectivity index (χ2v) is 4.28. The Bertz CT molecular complexity index is 612. The number of nitrogens with zero attached hydrogens (tertiary/aromatic N) is 1. The molecule has 0 aliphatic rings. The Kier molecular flexibility index (Phi) is 4.40. The van der Waals surface area contributed by atoms with Crippen LogP contribution in [0, 0.1) is 11.8 Å². The lowest BCUT2D eigenvalue weighted by molar-refractivity contribution is 0.0733. The maximum absolute atomic E-state index is 12.9. The third-order valence-electron chi connectivity index (χ3n) is 2.71. The number of aromatic nitrogens is 1. The van der Waals surface area contributed by atoms with E-state index in [9.17, 15) is 13.6 Å². The zero-order chi connectivity index (χ0) is 14.5. The highest BCUT2D eigenvalue weighted by Gasteiger charge is 2.11. The first-order valence-corrected chi connectivity index (χ1v) is 6.22. The average Bonchev–Trinajstić information content (AvgIpc) is 2.44. The third kappa shape index (κ3) is 3.38. The Morgan fingerprint density at radius 3 is 2.55 bits per heavy atom. The first kappa shape index (κ1) is 14.1. The van der Waals surface area contributed by atoms with Crippen LogP contribution >= 0.6 is 0 Å². The molecular weight excluding hydrogens is 264 g/mol. The predicted molar refractivity (Wildman–Crippen MR) is 69.5 cm³/mol. The summed E-state index contributed by atoms with van der Waals surface area (Å²) in [5.41, 5.74) is 1.47. The van der Waals surface area contributed by atoms with Crippen molar-refractivity contribution in [3.05, 3.63) is 59.4 Å². The molecule has 0 atom stereocenters. The van der Waals surface area contributed by atoms with Crippen LogP contribution in [0.1, 0.15) is 29.3 Å². The van der Waals surface area contributed by atoms with Crippen molar-refractivity contribution in [3.8, 4) is 5.75 Å². The van der Waals surface area contributed by atoms with Crippen molar-refractivity contribution < 1.29 is 18.3 Å². The van der Waals surface area contributed by atoms with E-state index in [1.54, 1.807) is 12.1 Å². The maximum atomic E-state index is 12.9. The number of aryl methyl sites for hydroxylation is 1. The van der Waals surface area contributed by atoms with E-state index in [1.807, 2.05) is 12.1 Å². The molecule has 2 rings (SSSR count). The van der Waals surface area contributed by atoms with Crippen LogP contribution in [0.4, 0.5) is 8.78 Å². The van der Waals surface area contributed by atoms with Gasteiger partial charge in [-0.2, -0.15) is 4.39 Å². The van der Waals surface area contributed by atoms with E-state index in [0.29, 0.717) is 5.56 Å². The fourth-order valence-electron chi connectivity index (χ4n) is 1.72. The van der Waals surface area contributed by atoms with Crippen LogP contribution < -0.4 is 4.74 Å². The van der Waals surface area contributed by atoms with Gasteiger partial charge in [0.25, 0.3) is 0 Å². The highest BCUT2D eigenvalue weighted by molar-refractivity contribution is 5.91. The molecule has 2 aromatic rings. The molecule has 0 N–H and O–H groups in total. The molecule has 0 aliphatic carbocycles. The van der Waals surface area contributed by atoms with Gasteiger partial charge in [-0.05, 0) is 24.1 Å². The first-order valence-electron chi connectivity index (χ1n) is 6.22. The minimum atomic E-state index is -1.23. The molecular formula is C15H13F2NO2. The van der Waals surface area contributed by atoms with E-state index in [4.69, 9.17) is 4.74 Å². The molecule has 1 aromatic carbocycles. The number of carbonyl (C=O) groups excluding carboxylic acids is 1. The molecule has 0 unspecified atom stereocenters. The molecule has 0 saturated carbocycles. The quantitative estimate of drug-likeness (QED) is 0.634. The van der Waals surface area contributed by atoms with Crippen molar-refractivity contribution in [3.63, 3.8) is 0 Å². The highest BCUT2D eigenvalue weighted by Crippen LogP contribution is 2.15. The van der Waals surface area contributed by atoms with Crippen LogP contribution in [0.3, 0.4) is 0 Å². The van der Waals surface area contributed by atoms with Gasteiger partial charge in [-0.15, -0.1) is 0 Å². The van der Waals surface area contributed by atoms with E-state index >= 15 is 0 Å². The number of ether oxygens (including phenoxy) is 1. The van der Waals surface area contributed by atoms with Crippen molar-refractivity contribution in [1.29, 1.82) is 0 Å². The van der Waals surface area contributed by atoms with Crippen LogP contribution in [0.25, 0.3) is 0 Å². The van der Waals surface area contributed by atoms with Gasteiger partial charge < -0.3 is 4.74 Å². The molecule has 0 radical (unpaired) electrons. The molecule has 0 bridgehead atoms. The van der Waals surface area contributed by atoms with E-state index in [1.165, 1.54) is 0 Å². The van der Waals surface area contributed by atoms with Crippen molar-refractivity contribution in [2.75, 3.05) is 0 Å². The van der Waals surface area contributed by atoms with Gasteiger partial charge in [0.2, 0.25) is 5.95 Å². The number of pyridine rings is 1. The first-order chi connectivity index (χ1) is 9.60. The van der Waals surface area contributed by atoms with Gasteiger partial charge in [-0.1, -0.05) is 25.5 Å². The molecule has 0 saturated heterocycles. The topological polar surface area (TPSA) is 39.2 Å². The van der Waals surface area contributed by atoms with Crippen molar-refractivity contribution in [1.82, 2.24) is 4.98 Å². The molecule has 20 heavy (non-hydrogen) atoms. The fraction of sp³-hybridized carbons (Fsp3) is 0.200. The van der Waals surface area contributed by atoms with Gasteiger partial charge in [0.1, 0.15) is 0 Å². The Morgan fingerprint density at radius 2 is 1.95 bits per heavy atom. The zero-order valence-corrected chi connectivity index (χ0v) is 10.9. The number of hydrogen-bond acceptors (Lipinski definition) is 3. The van der Waals surface area contributed by atoms with E-state index < -0.39 is 17.7 Å². The molecule has 0 fully saturated rings. The molecule has 0 spiro atoms. The SMILES string of the molecule is CCCc1ccc(C(=O)Oc2cnc(F)c(F)c2)cc1. The monoisotopic (exact) mass is 277 g/mol. The molecule has 1 heterocycles. The normalized spacial score (nSPS) is 10.3. The smallest absolute Gasteiger partial charge is 0.343 e. The lowest BCUT2D eigenvalue weighted by atomic mass is 10.1. The Morgan fingerprint density at radius 1 is 1.25 bits per heavy atom. The summed E-state index contributed by atoms with van der Waals surface area (Å²) in [5.74, 6) is -3.16. The van der Waals surface area contributed by atoms with Crippen LogP contribution in [-0.2, 0) is 6.42 Å². The fourth-order valence-corrected chi connectivity index (χ4v) is 1.72. The summed E-state index contributed by atoms with van der Waals surface area (Å²) in [7, 11) is 0. The largest absolute Gasteiger partial charge is 0.421 e. The van der Waals surface area contributed by atoms with Gasteiger partial charge in [0.05, 0.1) is 11.8 Å². The van der Waals surface area contributed by atoms with Crippen molar-refractivity contribution in [2.45, 2.75) is 19.8 Å². The van der Waals surface area contributed by atoms with Gasteiger partial charge in [-0.25, -0.2) is 14.2 Å². The Balaban J connectivity index is 2.09. The van der Waals surface area contributed by atoms with Crippen LogP contribution in [-0.4, -0.2) is 11.0 Å². The number of esters is 1. The minimum Gasteiger partial charge on any atom is -0.421 e. The number of halogens is 2. The molecule has 5 heteroatoms. The number of rotatable bonds is 4. The second kappa shape index (κ2) is 6.23. The lowest BCUT2D eigenvalue weighted by Crippen LogP contribution is -2.09. The summed E-state index contributed by atoms with van der Waals surface area (Å²) in [6.07, 6.45) is 2.91.